The molecule has 0 aromatic heterocycles. The van der Waals surface area contributed by atoms with Crippen molar-refractivity contribution in [3.8, 4) is 0 Å². The number of aliphatic carboxylic acids is 1. The lowest BCUT2D eigenvalue weighted by molar-refractivity contribution is -0.136. The van der Waals surface area contributed by atoms with Crippen LogP contribution < -0.4 is 5.73 Å². The van der Waals surface area contributed by atoms with Crippen LogP contribution in [0, 0.1) is 0 Å². The van der Waals surface area contributed by atoms with E-state index in [9.17, 15) is 4.79 Å². The first-order valence-corrected chi connectivity index (χ1v) is 5.84. The molecule has 1 aliphatic carbocycles. The summed E-state index contributed by atoms with van der Waals surface area (Å²) < 4.78 is 0. The predicted octanol–water partition coefficient (Wildman–Crippen LogP) is 1.46. The molecule has 3 N–H and O–H groups in total. The van der Waals surface area contributed by atoms with Gasteiger partial charge < -0.3 is 10.8 Å². The lowest BCUT2D eigenvalue weighted by Crippen LogP contribution is -2.35. The molecule has 0 aliphatic heterocycles. The van der Waals surface area contributed by atoms with Gasteiger partial charge in [-0.3, -0.25) is 4.79 Å². The fraction of sp³-hybridized carbons (Fsp3) is 0.889. The van der Waals surface area contributed by atoms with Crippen molar-refractivity contribution in [2.75, 3.05) is 5.75 Å². The van der Waals surface area contributed by atoms with E-state index in [-0.39, 0.29) is 12.5 Å². The van der Waals surface area contributed by atoms with Crippen molar-refractivity contribution in [3.05, 3.63) is 0 Å². The Morgan fingerprint density at radius 2 is 2.15 bits per heavy atom. The fourth-order valence-electron chi connectivity index (χ4n) is 1.63. The van der Waals surface area contributed by atoms with E-state index in [1.54, 1.807) is 11.8 Å². The Kier molecular flexibility index (Phi) is 4.59. The summed E-state index contributed by atoms with van der Waals surface area (Å²) in [5, 5.41) is 8.96. The molecule has 0 bridgehead atoms. The molecule has 0 spiro atoms. The van der Waals surface area contributed by atoms with E-state index >= 15 is 0 Å². The summed E-state index contributed by atoms with van der Waals surface area (Å²) in [6, 6.07) is 0.285. The van der Waals surface area contributed by atoms with Gasteiger partial charge in [0.15, 0.2) is 0 Å². The van der Waals surface area contributed by atoms with Crippen LogP contribution in [0.5, 0.6) is 0 Å². The summed E-state index contributed by atoms with van der Waals surface area (Å²) >= 11 is 1.73. The first-order chi connectivity index (χ1) is 6.20. The van der Waals surface area contributed by atoms with Crippen LogP contribution in [-0.2, 0) is 4.79 Å². The average molecular weight is 203 g/mol. The number of carboxylic acids is 1. The molecule has 0 aromatic carbocycles. The van der Waals surface area contributed by atoms with Gasteiger partial charge in [-0.25, -0.2) is 0 Å². The minimum Gasteiger partial charge on any atom is -0.481 e. The molecule has 0 heterocycles. The highest BCUT2D eigenvalue weighted by molar-refractivity contribution is 7.99. The number of thioether (sulfide) groups is 1. The summed E-state index contributed by atoms with van der Waals surface area (Å²) in [5.74, 6) is -0.00914. The van der Waals surface area contributed by atoms with Gasteiger partial charge in [-0.1, -0.05) is 12.8 Å². The van der Waals surface area contributed by atoms with E-state index in [1.807, 2.05) is 0 Å². The van der Waals surface area contributed by atoms with Crippen molar-refractivity contribution < 1.29 is 9.90 Å². The van der Waals surface area contributed by atoms with Gasteiger partial charge in [0.2, 0.25) is 0 Å². The summed E-state index contributed by atoms with van der Waals surface area (Å²) in [6.45, 7) is 0. The SMILES string of the molecule is N[C@@H]1CCCC[C@H]1SCCC(=O)O. The molecule has 1 fully saturated rings. The normalized spacial score (nSPS) is 28.7. The molecule has 2 atom stereocenters. The maximum atomic E-state index is 10.3. The largest absolute Gasteiger partial charge is 0.481 e. The highest BCUT2D eigenvalue weighted by atomic mass is 32.2. The van der Waals surface area contributed by atoms with Crippen LogP contribution in [0.4, 0.5) is 0 Å². The Morgan fingerprint density at radius 1 is 1.46 bits per heavy atom. The zero-order valence-electron chi connectivity index (χ0n) is 7.74. The van der Waals surface area contributed by atoms with Gasteiger partial charge in [-0.15, -0.1) is 0 Å². The third kappa shape index (κ3) is 4.00. The highest BCUT2D eigenvalue weighted by Crippen LogP contribution is 2.27. The van der Waals surface area contributed by atoms with E-state index in [2.05, 4.69) is 0 Å². The standard InChI is InChI=1S/C9H17NO2S/c10-7-3-1-2-4-8(7)13-6-5-9(11)12/h7-8H,1-6,10H2,(H,11,12)/t7-,8-/m1/s1. The van der Waals surface area contributed by atoms with Crippen LogP contribution in [-0.4, -0.2) is 28.1 Å². The molecular weight excluding hydrogens is 186 g/mol. The van der Waals surface area contributed by atoms with Crippen molar-refractivity contribution in [1.82, 2.24) is 0 Å². The Bertz CT molecular complexity index is 175. The Hall–Kier alpha value is -0.220. The second-order valence-corrected chi connectivity index (χ2v) is 4.85. The Labute approximate surface area is 83.1 Å². The van der Waals surface area contributed by atoms with E-state index < -0.39 is 5.97 Å². The van der Waals surface area contributed by atoms with Gasteiger partial charge in [0.1, 0.15) is 0 Å². The van der Waals surface area contributed by atoms with Crippen molar-refractivity contribution in [3.63, 3.8) is 0 Å². The minimum atomic E-state index is -0.711. The number of hydrogen-bond acceptors (Lipinski definition) is 3. The highest BCUT2D eigenvalue weighted by Gasteiger charge is 2.21. The fourth-order valence-corrected chi connectivity index (χ4v) is 2.94. The molecule has 0 unspecified atom stereocenters. The van der Waals surface area contributed by atoms with Crippen LogP contribution in [0.2, 0.25) is 0 Å². The molecule has 4 heteroatoms. The summed E-state index contributed by atoms with van der Waals surface area (Å²) in [6.07, 6.45) is 5.00. The number of nitrogens with two attached hydrogens (primary N) is 1. The van der Waals surface area contributed by atoms with Crippen LogP contribution >= 0.6 is 11.8 Å². The maximum absolute atomic E-state index is 10.3. The predicted molar refractivity (Wildman–Crippen MR) is 54.9 cm³/mol. The second-order valence-electron chi connectivity index (χ2n) is 3.50. The molecule has 1 saturated carbocycles. The van der Waals surface area contributed by atoms with Crippen LogP contribution in [0.3, 0.4) is 0 Å². The lowest BCUT2D eigenvalue weighted by Gasteiger charge is -2.27. The molecule has 13 heavy (non-hydrogen) atoms. The zero-order chi connectivity index (χ0) is 9.68. The first-order valence-electron chi connectivity index (χ1n) is 4.79. The zero-order valence-corrected chi connectivity index (χ0v) is 8.55. The molecule has 0 amide bonds. The minimum absolute atomic E-state index is 0.258. The average Bonchev–Trinajstić information content (AvgIpc) is 2.08. The summed E-state index contributed by atoms with van der Waals surface area (Å²) in [4.78, 5) is 10.3. The molecule has 0 saturated heterocycles. The van der Waals surface area contributed by atoms with Crippen molar-refractivity contribution in [1.29, 1.82) is 0 Å². The lowest BCUT2D eigenvalue weighted by atomic mass is 9.96. The number of rotatable bonds is 4. The molecule has 3 nitrogen and oxygen atoms in total. The maximum Gasteiger partial charge on any atom is 0.304 e. The summed E-state index contributed by atoms with van der Waals surface area (Å²) in [7, 11) is 0. The quantitative estimate of drug-likeness (QED) is 0.726. The number of hydrogen-bond donors (Lipinski definition) is 2. The Morgan fingerprint density at radius 3 is 2.77 bits per heavy atom. The molecule has 1 rings (SSSR count). The van der Waals surface area contributed by atoms with Gasteiger partial charge in [-0.05, 0) is 12.8 Å². The third-order valence-electron chi connectivity index (χ3n) is 2.40. The van der Waals surface area contributed by atoms with E-state index in [0.29, 0.717) is 11.0 Å². The van der Waals surface area contributed by atoms with Gasteiger partial charge >= 0.3 is 5.97 Å². The topological polar surface area (TPSA) is 63.3 Å². The van der Waals surface area contributed by atoms with Crippen molar-refractivity contribution >= 4 is 17.7 Å². The molecular formula is C9H17NO2S. The number of carbonyl (C=O) groups is 1. The van der Waals surface area contributed by atoms with Gasteiger partial charge in [0.05, 0.1) is 6.42 Å². The van der Waals surface area contributed by atoms with Gasteiger partial charge in [0.25, 0.3) is 0 Å². The second kappa shape index (κ2) is 5.50. The van der Waals surface area contributed by atoms with Gasteiger partial charge in [0, 0.05) is 17.0 Å². The van der Waals surface area contributed by atoms with E-state index in [0.717, 1.165) is 12.8 Å². The molecule has 0 radical (unpaired) electrons. The molecule has 76 valence electrons. The smallest absolute Gasteiger partial charge is 0.304 e. The number of carboxylic acid groups (broad SMARTS) is 1. The van der Waals surface area contributed by atoms with Crippen LogP contribution in [0.1, 0.15) is 32.1 Å². The first kappa shape index (κ1) is 10.9. The van der Waals surface area contributed by atoms with Crippen molar-refractivity contribution in [2.45, 2.75) is 43.4 Å². The Balaban J connectivity index is 2.15. The van der Waals surface area contributed by atoms with Crippen LogP contribution in [0.25, 0.3) is 0 Å². The van der Waals surface area contributed by atoms with E-state index in [4.69, 9.17) is 10.8 Å². The van der Waals surface area contributed by atoms with Gasteiger partial charge in [-0.2, -0.15) is 11.8 Å². The molecule has 1 aliphatic rings. The van der Waals surface area contributed by atoms with Crippen molar-refractivity contribution in [2.24, 2.45) is 5.73 Å². The van der Waals surface area contributed by atoms with E-state index in [1.165, 1.54) is 12.8 Å². The molecule has 0 aromatic rings. The van der Waals surface area contributed by atoms with Crippen LogP contribution in [0.15, 0.2) is 0 Å². The third-order valence-corrected chi connectivity index (χ3v) is 3.85. The summed E-state index contributed by atoms with van der Waals surface area (Å²) in [5.41, 5.74) is 5.93. The monoisotopic (exact) mass is 203 g/mol.